The first kappa shape index (κ1) is 13.9. The molecule has 1 fully saturated rings. The van der Waals surface area contributed by atoms with E-state index in [9.17, 15) is 9.90 Å². The number of aliphatic carboxylic acids is 1. The molecule has 0 spiro atoms. The lowest BCUT2D eigenvalue weighted by atomic mass is 9.74. The Hall–Kier alpha value is -1.03. The summed E-state index contributed by atoms with van der Waals surface area (Å²) < 4.78 is 0.961. The van der Waals surface area contributed by atoms with Crippen molar-refractivity contribution in [2.24, 2.45) is 5.92 Å². The molecule has 108 valence electrons. The smallest absolute Gasteiger partial charge is 0.311 e. The minimum atomic E-state index is -0.672. The minimum absolute atomic E-state index is 0.238. The SMILES string of the molecule is CN1c2ccc(Br)cc2C(C(=O)O)C2CCCCCC21. The molecular formula is C16H20BrNO2. The van der Waals surface area contributed by atoms with Gasteiger partial charge in [-0.05, 0) is 42.5 Å². The van der Waals surface area contributed by atoms with E-state index in [0.29, 0.717) is 6.04 Å². The second-order valence-corrected chi connectivity index (χ2v) is 6.91. The van der Waals surface area contributed by atoms with Gasteiger partial charge in [-0.2, -0.15) is 0 Å². The lowest BCUT2D eigenvalue weighted by Gasteiger charge is -2.44. The molecule has 0 bridgehead atoms. The van der Waals surface area contributed by atoms with Crippen LogP contribution in [0.1, 0.15) is 43.6 Å². The third-order valence-corrected chi connectivity index (χ3v) is 5.42. The Kier molecular flexibility index (Phi) is 3.76. The molecule has 1 aliphatic carbocycles. The van der Waals surface area contributed by atoms with Crippen molar-refractivity contribution in [1.82, 2.24) is 0 Å². The third kappa shape index (κ3) is 2.24. The second-order valence-electron chi connectivity index (χ2n) is 6.00. The number of hydrogen-bond donors (Lipinski definition) is 1. The summed E-state index contributed by atoms with van der Waals surface area (Å²) >= 11 is 3.48. The maximum Gasteiger partial charge on any atom is 0.311 e. The van der Waals surface area contributed by atoms with Crippen LogP contribution in [0.5, 0.6) is 0 Å². The monoisotopic (exact) mass is 337 g/mol. The van der Waals surface area contributed by atoms with E-state index in [4.69, 9.17) is 0 Å². The molecule has 20 heavy (non-hydrogen) atoms. The predicted molar refractivity (Wildman–Crippen MR) is 83.3 cm³/mol. The van der Waals surface area contributed by atoms with Crippen molar-refractivity contribution in [3.63, 3.8) is 0 Å². The van der Waals surface area contributed by atoms with Crippen molar-refractivity contribution in [2.45, 2.75) is 44.1 Å². The first-order valence-corrected chi connectivity index (χ1v) is 8.14. The number of rotatable bonds is 1. The molecule has 1 saturated carbocycles. The van der Waals surface area contributed by atoms with Gasteiger partial charge in [-0.3, -0.25) is 4.79 Å². The average molecular weight is 338 g/mol. The van der Waals surface area contributed by atoms with Gasteiger partial charge in [0.25, 0.3) is 0 Å². The van der Waals surface area contributed by atoms with Crippen LogP contribution in [0.2, 0.25) is 0 Å². The van der Waals surface area contributed by atoms with Gasteiger partial charge < -0.3 is 10.0 Å². The van der Waals surface area contributed by atoms with E-state index in [1.807, 2.05) is 12.1 Å². The maximum absolute atomic E-state index is 11.9. The normalized spacial score (nSPS) is 29.3. The van der Waals surface area contributed by atoms with E-state index in [0.717, 1.165) is 35.0 Å². The topological polar surface area (TPSA) is 40.5 Å². The predicted octanol–water partition coefficient (Wildman–Crippen LogP) is 4.02. The number of carboxylic acids is 1. The number of carboxylic acid groups (broad SMARTS) is 1. The van der Waals surface area contributed by atoms with Crippen LogP contribution < -0.4 is 4.90 Å². The van der Waals surface area contributed by atoms with Gasteiger partial charge in [0, 0.05) is 23.2 Å². The van der Waals surface area contributed by atoms with Gasteiger partial charge in [0.05, 0.1) is 5.92 Å². The number of halogens is 1. The summed E-state index contributed by atoms with van der Waals surface area (Å²) in [4.78, 5) is 14.2. The van der Waals surface area contributed by atoms with E-state index in [1.165, 1.54) is 12.8 Å². The van der Waals surface area contributed by atoms with Gasteiger partial charge in [0.2, 0.25) is 0 Å². The standard InChI is InChI=1S/C16H20BrNO2/c1-18-13-6-4-2-3-5-11(13)15(16(19)20)12-9-10(17)7-8-14(12)18/h7-9,11,13,15H,2-6H2,1H3,(H,19,20). The minimum Gasteiger partial charge on any atom is -0.481 e. The first-order chi connectivity index (χ1) is 9.59. The zero-order valence-electron chi connectivity index (χ0n) is 11.7. The number of benzene rings is 1. The highest BCUT2D eigenvalue weighted by atomic mass is 79.9. The van der Waals surface area contributed by atoms with E-state index in [-0.39, 0.29) is 11.8 Å². The van der Waals surface area contributed by atoms with Gasteiger partial charge >= 0.3 is 5.97 Å². The van der Waals surface area contributed by atoms with Crippen LogP contribution in [0.25, 0.3) is 0 Å². The highest BCUT2D eigenvalue weighted by molar-refractivity contribution is 9.10. The molecule has 2 aliphatic rings. The molecule has 3 atom stereocenters. The lowest BCUT2D eigenvalue weighted by molar-refractivity contribution is -0.140. The molecule has 3 nitrogen and oxygen atoms in total. The van der Waals surface area contributed by atoms with Gasteiger partial charge in [-0.1, -0.05) is 35.2 Å². The molecule has 1 N–H and O–H groups in total. The molecule has 1 heterocycles. The van der Waals surface area contributed by atoms with Crippen molar-refractivity contribution in [2.75, 3.05) is 11.9 Å². The third-order valence-electron chi connectivity index (χ3n) is 4.93. The Balaban J connectivity index is 2.12. The van der Waals surface area contributed by atoms with E-state index in [2.05, 4.69) is 33.9 Å². The lowest BCUT2D eigenvalue weighted by Crippen LogP contribution is -2.46. The Morgan fingerprint density at radius 1 is 1.30 bits per heavy atom. The Labute approximate surface area is 128 Å². The highest BCUT2D eigenvalue weighted by Gasteiger charge is 2.43. The fourth-order valence-corrected chi connectivity index (χ4v) is 4.39. The van der Waals surface area contributed by atoms with Crippen LogP contribution in [-0.2, 0) is 4.79 Å². The van der Waals surface area contributed by atoms with Crippen LogP contribution in [0.4, 0.5) is 5.69 Å². The van der Waals surface area contributed by atoms with Crippen molar-refractivity contribution in [3.8, 4) is 0 Å². The number of carbonyl (C=O) groups is 1. The van der Waals surface area contributed by atoms with Crippen LogP contribution in [0.3, 0.4) is 0 Å². The van der Waals surface area contributed by atoms with Gasteiger partial charge in [-0.25, -0.2) is 0 Å². The zero-order valence-corrected chi connectivity index (χ0v) is 13.3. The highest BCUT2D eigenvalue weighted by Crippen LogP contribution is 2.47. The fourth-order valence-electron chi connectivity index (χ4n) is 4.01. The molecular weight excluding hydrogens is 318 g/mol. The molecule has 0 amide bonds. The first-order valence-electron chi connectivity index (χ1n) is 7.34. The Morgan fingerprint density at radius 2 is 2.05 bits per heavy atom. The number of hydrogen-bond acceptors (Lipinski definition) is 2. The molecule has 3 unspecified atom stereocenters. The molecule has 1 aromatic carbocycles. The van der Waals surface area contributed by atoms with E-state index < -0.39 is 5.97 Å². The number of fused-ring (bicyclic) bond motifs is 2. The molecule has 0 saturated heterocycles. The van der Waals surface area contributed by atoms with Crippen molar-refractivity contribution < 1.29 is 9.90 Å². The van der Waals surface area contributed by atoms with Crippen molar-refractivity contribution in [3.05, 3.63) is 28.2 Å². The van der Waals surface area contributed by atoms with Gasteiger partial charge in [0.15, 0.2) is 0 Å². The summed E-state index contributed by atoms with van der Waals surface area (Å²) in [6, 6.07) is 6.42. The average Bonchev–Trinajstić information content (AvgIpc) is 2.64. The van der Waals surface area contributed by atoms with Crippen LogP contribution in [0.15, 0.2) is 22.7 Å². The van der Waals surface area contributed by atoms with E-state index >= 15 is 0 Å². The molecule has 0 radical (unpaired) electrons. The largest absolute Gasteiger partial charge is 0.481 e. The molecule has 1 aromatic rings. The van der Waals surface area contributed by atoms with Gasteiger partial charge in [-0.15, -0.1) is 0 Å². The van der Waals surface area contributed by atoms with E-state index in [1.54, 1.807) is 0 Å². The van der Waals surface area contributed by atoms with Crippen LogP contribution >= 0.6 is 15.9 Å². The number of anilines is 1. The number of nitrogens with zero attached hydrogens (tertiary/aromatic N) is 1. The zero-order chi connectivity index (χ0) is 14.3. The van der Waals surface area contributed by atoms with Crippen LogP contribution in [-0.4, -0.2) is 24.2 Å². The van der Waals surface area contributed by atoms with Crippen LogP contribution in [0, 0.1) is 5.92 Å². The molecule has 1 aliphatic heterocycles. The quantitative estimate of drug-likeness (QED) is 0.841. The summed E-state index contributed by atoms with van der Waals surface area (Å²) in [6.45, 7) is 0. The fraction of sp³-hybridized carbons (Fsp3) is 0.562. The van der Waals surface area contributed by atoms with Gasteiger partial charge in [0.1, 0.15) is 0 Å². The second kappa shape index (κ2) is 5.40. The Morgan fingerprint density at radius 3 is 2.80 bits per heavy atom. The summed E-state index contributed by atoms with van der Waals surface area (Å²) in [5, 5.41) is 9.76. The molecule has 3 rings (SSSR count). The maximum atomic E-state index is 11.9. The summed E-state index contributed by atoms with van der Waals surface area (Å²) in [7, 11) is 2.12. The summed E-state index contributed by atoms with van der Waals surface area (Å²) in [5.41, 5.74) is 2.06. The van der Waals surface area contributed by atoms with Crippen molar-refractivity contribution >= 4 is 27.6 Å². The summed E-state index contributed by atoms with van der Waals surface area (Å²) in [6.07, 6.45) is 5.73. The molecule has 4 heteroatoms. The molecule has 0 aromatic heterocycles. The Bertz CT molecular complexity index is 531. The van der Waals surface area contributed by atoms with Crippen molar-refractivity contribution in [1.29, 1.82) is 0 Å². The summed E-state index contributed by atoms with van der Waals surface area (Å²) in [5.74, 6) is -0.794.